The molecule has 0 saturated heterocycles. The van der Waals surface area contributed by atoms with Crippen LogP contribution in [0.4, 0.5) is 0 Å². The molecular formula is C11H8Cl2N2O. The average molecular weight is 255 g/mol. The summed E-state index contributed by atoms with van der Waals surface area (Å²) in [4.78, 5) is 17.4. The quantitative estimate of drug-likeness (QED) is 0.856. The van der Waals surface area contributed by atoms with Crippen LogP contribution in [0.2, 0.25) is 10.0 Å². The molecule has 0 aliphatic carbocycles. The number of hydrogen-bond acceptors (Lipinski definition) is 2. The fourth-order valence-electron chi connectivity index (χ4n) is 1.37. The highest BCUT2D eigenvalue weighted by atomic mass is 35.5. The van der Waals surface area contributed by atoms with Gasteiger partial charge < -0.3 is 4.98 Å². The van der Waals surface area contributed by atoms with E-state index in [1.165, 1.54) is 6.20 Å². The third-order valence-corrected chi connectivity index (χ3v) is 2.74. The molecule has 0 radical (unpaired) electrons. The maximum Gasteiger partial charge on any atom is 0.167 e. The third-order valence-electron chi connectivity index (χ3n) is 2.15. The molecule has 0 bridgehead atoms. The Labute approximate surface area is 102 Å². The highest BCUT2D eigenvalue weighted by molar-refractivity contribution is 6.35. The van der Waals surface area contributed by atoms with E-state index in [9.17, 15) is 4.79 Å². The third kappa shape index (κ3) is 2.43. The Bertz CT molecular complexity index is 522. The van der Waals surface area contributed by atoms with Crippen molar-refractivity contribution in [2.75, 3.05) is 0 Å². The second kappa shape index (κ2) is 4.68. The van der Waals surface area contributed by atoms with Gasteiger partial charge in [0.25, 0.3) is 0 Å². The van der Waals surface area contributed by atoms with Crippen molar-refractivity contribution in [2.45, 2.75) is 6.42 Å². The Morgan fingerprint density at radius 1 is 1.38 bits per heavy atom. The molecule has 5 heteroatoms. The van der Waals surface area contributed by atoms with Gasteiger partial charge in [0.15, 0.2) is 6.29 Å². The lowest BCUT2D eigenvalue weighted by Crippen LogP contribution is -1.92. The molecule has 0 aliphatic rings. The van der Waals surface area contributed by atoms with Gasteiger partial charge in [-0.05, 0) is 17.7 Å². The van der Waals surface area contributed by atoms with Crippen LogP contribution in [0.25, 0.3) is 0 Å². The summed E-state index contributed by atoms with van der Waals surface area (Å²) in [6, 6.07) is 5.29. The minimum Gasteiger partial charge on any atom is -0.340 e. The number of benzene rings is 1. The lowest BCUT2D eigenvalue weighted by atomic mass is 10.1. The average Bonchev–Trinajstić information content (AvgIpc) is 2.70. The van der Waals surface area contributed by atoms with Crippen LogP contribution in [0.3, 0.4) is 0 Å². The molecule has 0 amide bonds. The number of carbonyl (C=O) groups is 1. The van der Waals surface area contributed by atoms with E-state index in [-0.39, 0.29) is 0 Å². The topological polar surface area (TPSA) is 45.8 Å². The minimum atomic E-state index is 0.458. The Morgan fingerprint density at radius 3 is 2.81 bits per heavy atom. The van der Waals surface area contributed by atoms with Crippen LogP contribution in [0.1, 0.15) is 21.9 Å². The normalized spacial score (nSPS) is 10.4. The first-order valence-electron chi connectivity index (χ1n) is 4.62. The van der Waals surface area contributed by atoms with E-state index >= 15 is 0 Å². The van der Waals surface area contributed by atoms with E-state index in [1.54, 1.807) is 12.1 Å². The van der Waals surface area contributed by atoms with Crippen LogP contribution in [0.5, 0.6) is 0 Å². The molecule has 3 nitrogen and oxygen atoms in total. The lowest BCUT2D eigenvalue weighted by molar-refractivity contribution is 0.111. The molecule has 0 saturated carbocycles. The van der Waals surface area contributed by atoms with Gasteiger partial charge in [-0.1, -0.05) is 29.3 Å². The van der Waals surface area contributed by atoms with Gasteiger partial charge in [0.2, 0.25) is 0 Å². The summed E-state index contributed by atoms with van der Waals surface area (Å²) >= 11 is 11.8. The van der Waals surface area contributed by atoms with Gasteiger partial charge >= 0.3 is 0 Å². The van der Waals surface area contributed by atoms with Gasteiger partial charge in [-0.25, -0.2) is 4.98 Å². The van der Waals surface area contributed by atoms with Crippen molar-refractivity contribution in [1.29, 1.82) is 0 Å². The molecule has 0 atom stereocenters. The first-order valence-corrected chi connectivity index (χ1v) is 5.37. The summed E-state index contributed by atoms with van der Waals surface area (Å²) in [6.45, 7) is 0. The van der Waals surface area contributed by atoms with Gasteiger partial charge in [0.1, 0.15) is 5.82 Å². The number of imidazole rings is 1. The summed E-state index contributed by atoms with van der Waals surface area (Å²) in [7, 11) is 0. The molecule has 0 aliphatic heterocycles. The molecule has 2 rings (SSSR count). The lowest BCUT2D eigenvalue weighted by Gasteiger charge is -2.02. The Morgan fingerprint density at radius 2 is 2.19 bits per heavy atom. The maximum atomic E-state index is 10.5. The number of nitrogens with one attached hydrogen (secondary N) is 1. The molecule has 1 heterocycles. The number of nitrogens with zero attached hydrogens (tertiary/aromatic N) is 1. The number of hydrogen-bond donors (Lipinski definition) is 1. The summed E-state index contributed by atoms with van der Waals surface area (Å²) in [5.74, 6) is 0.700. The number of carbonyl (C=O) groups excluding carboxylic acids is 1. The van der Waals surface area contributed by atoms with Crippen molar-refractivity contribution < 1.29 is 4.79 Å². The summed E-state index contributed by atoms with van der Waals surface area (Å²) in [6.07, 6.45) is 2.76. The van der Waals surface area contributed by atoms with Gasteiger partial charge in [-0.2, -0.15) is 0 Å². The molecule has 16 heavy (non-hydrogen) atoms. The standard InChI is InChI=1S/C11H8Cl2N2O/c12-8-2-1-7(10(13)4-8)3-11-14-5-9(6-16)15-11/h1-2,4-6H,3H2,(H,14,15). The van der Waals surface area contributed by atoms with E-state index in [0.717, 1.165) is 11.8 Å². The number of aromatic nitrogens is 2. The Hall–Kier alpha value is -1.32. The van der Waals surface area contributed by atoms with Crippen molar-refractivity contribution in [3.8, 4) is 0 Å². The highest BCUT2D eigenvalue weighted by Gasteiger charge is 2.05. The van der Waals surface area contributed by atoms with Crippen LogP contribution >= 0.6 is 23.2 Å². The number of aromatic amines is 1. The van der Waals surface area contributed by atoms with Gasteiger partial charge in [-0.15, -0.1) is 0 Å². The van der Waals surface area contributed by atoms with Gasteiger partial charge in [-0.3, -0.25) is 4.79 Å². The fourth-order valence-corrected chi connectivity index (χ4v) is 1.85. The Kier molecular flexibility index (Phi) is 3.27. The minimum absolute atomic E-state index is 0.458. The van der Waals surface area contributed by atoms with E-state index in [0.29, 0.717) is 28.0 Å². The zero-order valence-corrected chi connectivity index (χ0v) is 9.72. The van der Waals surface area contributed by atoms with Crippen LogP contribution in [-0.4, -0.2) is 16.3 Å². The van der Waals surface area contributed by atoms with Gasteiger partial charge in [0, 0.05) is 16.5 Å². The van der Waals surface area contributed by atoms with Crippen molar-refractivity contribution in [1.82, 2.24) is 9.97 Å². The number of halogens is 2. The van der Waals surface area contributed by atoms with Crippen LogP contribution < -0.4 is 0 Å². The van der Waals surface area contributed by atoms with Crippen molar-refractivity contribution in [3.63, 3.8) is 0 Å². The van der Waals surface area contributed by atoms with E-state index in [1.807, 2.05) is 6.07 Å². The highest BCUT2D eigenvalue weighted by Crippen LogP contribution is 2.22. The van der Waals surface area contributed by atoms with Crippen molar-refractivity contribution >= 4 is 29.5 Å². The second-order valence-corrected chi connectivity index (χ2v) is 4.16. The first kappa shape index (κ1) is 11.2. The SMILES string of the molecule is O=Cc1cnc(Cc2ccc(Cl)cc2Cl)[nH]1. The largest absolute Gasteiger partial charge is 0.340 e. The molecule has 0 unspecified atom stereocenters. The second-order valence-electron chi connectivity index (χ2n) is 3.32. The van der Waals surface area contributed by atoms with E-state index in [2.05, 4.69) is 9.97 Å². The van der Waals surface area contributed by atoms with Crippen LogP contribution in [0.15, 0.2) is 24.4 Å². The smallest absolute Gasteiger partial charge is 0.167 e. The molecule has 0 fully saturated rings. The van der Waals surface area contributed by atoms with Crippen molar-refractivity contribution in [2.24, 2.45) is 0 Å². The predicted octanol–water partition coefficient (Wildman–Crippen LogP) is 3.12. The van der Waals surface area contributed by atoms with E-state index < -0.39 is 0 Å². The maximum absolute atomic E-state index is 10.5. The Balaban J connectivity index is 2.23. The molecule has 2 aromatic rings. The molecular weight excluding hydrogens is 247 g/mol. The molecule has 1 N–H and O–H groups in total. The summed E-state index contributed by atoms with van der Waals surface area (Å²) in [5, 5.41) is 1.19. The molecule has 1 aromatic carbocycles. The summed E-state index contributed by atoms with van der Waals surface area (Å²) in [5.41, 5.74) is 1.37. The molecule has 0 spiro atoms. The van der Waals surface area contributed by atoms with E-state index in [4.69, 9.17) is 23.2 Å². The monoisotopic (exact) mass is 254 g/mol. The number of rotatable bonds is 3. The predicted molar refractivity (Wildman–Crippen MR) is 63.2 cm³/mol. The van der Waals surface area contributed by atoms with Crippen LogP contribution in [-0.2, 0) is 6.42 Å². The van der Waals surface area contributed by atoms with Gasteiger partial charge in [0.05, 0.1) is 11.9 Å². The first-order chi connectivity index (χ1) is 7.69. The molecule has 82 valence electrons. The fraction of sp³-hybridized carbons (Fsp3) is 0.0909. The van der Waals surface area contributed by atoms with Crippen molar-refractivity contribution in [3.05, 3.63) is 51.5 Å². The molecule has 1 aromatic heterocycles. The zero-order valence-electron chi connectivity index (χ0n) is 8.21. The number of H-pyrrole nitrogens is 1. The van der Waals surface area contributed by atoms with Crippen LogP contribution in [0, 0.1) is 0 Å². The summed E-state index contributed by atoms with van der Waals surface area (Å²) < 4.78 is 0. The zero-order chi connectivity index (χ0) is 11.5. The number of aldehydes is 1.